The van der Waals surface area contributed by atoms with E-state index in [2.05, 4.69) is 42.6 Å². The van der Waals surface area contributed by atoms with Crippen LogP contribution >= 0.6 is 0 Å². The van der Waals surface area contributed by atoms with Gasteiger partial charge < -0.3 is 14.8 Å². The maximum atomic E-state index is 5.61. The van der Waals surface area contributed by atoms with Gasteiger partial charge in [-0.25, -0.2) is 0 Å². The lowest BCUT2D eigenvalue weighted by molar-refractivity contribution is 0.310. The van der Waals surface area contributed by atoms with E-state index in [4.69, 9.17) is 9.47 Å². The molecule has 0 aliphatic heterocycles. The normalized spacial score (nSPS) is 12.0. The lowest BCUT2D eigenvalue weighted by Gasteiger charge is -2.15. The van der Waals surface area contributed by atoms with Crippen molar-refractivity contribution in [3.8, 4) is 11.5 Å². The molecule has 0 aliphatic carbocycles. The van der Waals surface area contributed by atoms with Gasteiger partial charge in [0.15, 0.2) is 11.5 Å². The van der Waals surface area contributed by atoms with Gasteiger partial charge in [-0.2, -0.15) is 0 Å². The molecule has 0 heterocycles. The lowest BCUT2D eigenvalue weighted by atomic mass is 10.1. The van der Waals surface area contributed by atoms with E-state index in [0.717, 1.165) is 18.0 Å². The Kier molecular flexibility index (Phi) is 5.64. The first-order valence-electron chi connectivity index (χ1n) is 7.32. The minimum atomic E-state index is 0.309. The van der Waals surface area contributed by atoms with Crippen molar-refractivity contribution < 1.29 is 9.47 Å². The average molecular weight is 285 g/mol. The quantitative estimate of drug-likeness (QED) is 0.835. The van der Waals surface area contributed by atoms with E-state index in [1.807, 2.05) is 25.1 Å². The zero-order chi connectivity index (χ0) is 15.1. The molecule has 1 N–H and O–H groups in total. The highest BCUT2D eigenvalue weighted by molar-refractivity contribution is 5.43. The number of ether oxygens (including phenoxy) is 2. The summed E-state index contributed by atoms with van der Waals surface area (Å²) in [5.74, 6) is 1.57. The van der Waals surface area contributed by atoms with Gasteiger partial charge in [0.1, 0.15) is 0 Å². The van der Waals surface area contributed by atoms with Crippen LogP contribution in [-0.4, -0.2) is 13.7 Å². The number of nitrogens with one attached hydrogen (secondary N) is 1. The molecule has 3 heteroatoms. The van der Waals surface area contributed by atoms with Gasteiger partial charge in [0.25, 0.3) is 0 Å². The van der Waals surface area contributed by atoms with Crippen molar-refractivity contribution in [1.29, 1.82) is 0 Å². The van der Waals surface area contributed by atoms with Gasteiger partial charge in [0.05, 0.1) is 13.7 Å². The predicted molar refractivity (Wildman–Crippen MR) is 85.9 cm³/mol. The summed E-state index contributed by atoms with van der Waals surface area (Å²) in [6.07, 6.45) is 0. The number of hydrogen-bond acceptors (Lipinski definition) is 3. The van der Waals surface area contributed by atoms with Crippen LogP contribution in [0.3, 0.4) is 0 Å². The summed E-state index contributed by atoms with van der Waals surface area (Å²) in [5.41, 5.74) is 2.47. The third-order valence-electron chi connectivity index (χ3n) is 3.44. The fraction of sp³-hybridized carbons (Fsp3) is 0.333. The minimum Gasteiger partial charge on any atom is -0.493 e. The second-order valence-electron chi connectivity index (χ2n) is 4.93. The van der Waals surface area contributed by atoms with E-state index in [0.29, 0.717) is 12.6 Å². The van der Waals surface area contributed by atoms with Crippen molar-refractivity contribution in [1.82, 2.24) is 5.32 Å². The summed E-state index contributed by atoms with van der Waals surface area (Å²) in [4.78, 5) is 0. The van der Waals surface area contributed by atoms with Crippen molar-refractivity contribution in [3.05, 3.63) is 59.7 Å². The lowest BCUT2D eigenvalue weighted by Crippen LogP contribution is -2.18. The van der Waals surface area contributed by atoms with Crippen LogP contribution in [0.4, 0.5) is 0 Å². The standard InChI is InChI=1S/C18H23NO2/c1-4-21-18-12-15(10-11-17(18)20-3)13-19-14(2)16-8-6-5-7-9-16/h5-12,14,19H,4,13H2,1-3H3/t14-/m1/s1. The zero-order valence-corrected chi connectivity index (χ0v) is 12.9. The molecule has 0 amide bonds. The molecule has 0 fully saturated rings. The minimum absolute atomic E-state index is 0.309. The van der Waals surface area contributed by atoms with Gasteiger partial charge in [0.2, 0.25) is 0 Å². The van der Waals surface area contributed by atoms with Crippen molar-refractivity contribution in [2.45, 2.75) is 26.4 Å². The molecule has 2 aromatic carbocycles. The topological polar surface area (TPSA) is 30.5 Å². The molecule has 0 spiro atoms. The molecule has 0 unspecified atom stereocenters. The highest BCUT2D eigenvalue weighted by Crippen LogP contribution is 2.28. The fourth-order valence-corrected chi connectivity index (χ4v) is 2.23. The van der Waals surface area contributed by atoms with Gasteiger partial charge in [0, 0.05) is 12.6 Å². The number of hydrogen-bond donors (Lipinski definition) is 1. The Labute approximate surface area is 126 Å². The molecule has 2 rings (SSSR count). The first-order valence-corrected chi connectivity index (χ1v) is 7.32. The van der Waals surface area contributed by atoms with Crippen LogP contribution in [0.15, 0.2) is 48.5 Å². The molecule has 0 saturated carbocycles. The van der Waals surface area contributed by atoms with E-state index in [1.54, 1.807) is 7.11 Å². The highest BCUT2D eigenvalue weighted by Gasteiger charge is 2.07. The predicted octanol–water partition coefficient (Wildman–Crippen LogP) is 3.94. The van der Waals surface area contributed by atoms with E-state index < -0.39 is 0 Å². The van der Waals surface area contributed by atoms with Crippen molar-refractivity contribution >= 4 is 0 Å². The summed E-state index contributed by atoms with van der Waals surface area (Å²) in [7, 11) is 1.66. The van der Waals surface area contributed by atoms with Crippen LogP contribution in [-0.2, 0) is 6.54 Å². The Morgan fingerprint density at radius 1 is 1.05 bits per heavy atom. The molecule has 2 aromatic rings. The second-order valence-corrected chi connectivity index (χ2v) is 4.93. The molecule has 0 saturated heterocycles. The molecule has 1 atom stereocenters. The van der Waals surface area contributed by atoms with Gasteiger partial charge in [-0.05, 0) is 37.1 Å². The molecule has 3 nitrogen and oxygen atoms in total. The molecule has 0 bridgehead atoms. The summed E-state index contributed by atoms with van der Waals surface area (Å²) < 4.78 is 10.9. The van der Waals surface area contributed by atoms with Gasteiger partial charge >= 0.3 is 0 Å². The van der Waals surface area contributed by atoms with Crippen molar-refractivity contribution in [2.75, 3.05) is 13.7 Å². The highest BCUT2D eigenvalue weighted by atomic mass is 16.5. The first-order chi connectivity index (χ1) is 10.2. The summed E-state index contributed by atoms with van der Waals surface area (Å²) in [6, 6.07) is 16.8. The Morgan fingerprint density at radius 3 is 2.48 bits per heavy atom. The second kappa shape index (κ2) is 7.70. The Hall–Kier alpha value is -2.00. The van der Waals surface area contributed by atoms with Crippen LogP contribution in [0.1, 0.15) is 31.0 Å². The summed E-state index contributed by atoms with van der Waals surface area (Å²) >= 11 is 0. The third-order valence-corrected chi connectivity index (χ3v) is 3.44. The first kappa shape index (κ1) is 15.4. The van der Waals surface area contributed by atoms with E-state index in [9.17, 15) is 0 Å². The van der Waals surface area contributed by atoms with Crippen LogP contribution in [0.5, 0.6) is 11.5 Å². The Morgan fingerprint density at radius 2 is 1.81 bits per heavy atom. The third kappa shape index (κ3) is 4.23. The SMILES string of the molecule is CCOc1cc(CN[C@H](C)c2ccccc2)ccc1OC. The molecule has 0 aromatic heterocycles. The van der Waals surface area contributed by atoms with E-state index in [-0.39, 0.29) is 0 Å². The van der Waals surface area contributed by atoms with Gasteiger partial charge in [-0.1, -0.05) is 36.4 Å². The molecule has 21 heavy (non-hydrogen) atoms. The summed E-state index contributed by atoms with van der Waals surface area (Å²) in [5, 5.41) is 3.53. The number of methoxy groups -OCH3 is 1. The molecular formula is C18H23NO2. The fourth-order valence-electron chi connectivity index (χ4n) is 2.23. The zero-order valence-electron chi connectivity index (χ0n) is 12.9. The molecule has 0 aliphatic rings. The largest absolute Gasteiger partial charge is 0.493 e. The average Bonchev–Trinajstić information content (AvgIpc) is 2.54. The van der Waals surface area contributed by atoms with Crippen LogP contribution in [0, 0.1) is 0 Å². The Bertz CT molecular complexity index is 554. The van der Waals surface area contributed by atoms with E-state index in [1.165, 1.54) is 11.1 Å². The maximum Gasteiger partial charge on any atom is 0.161 e. The molecule has 112 valence electrons. The van der Waals surface area contributed by atoms with Gasteiger partial charge in [-0.3, -0.25) is 0 Å². The van der Waals surface area contributed by atoms with Crippen molar-refractivity contribution in [2.24, 2.45) is 0 Å². The van der Waals surface area contributed by atoms with Crippen molar-refractivity contribution in [3.63, 3.8) is 0 Å². The number of rotatable bonds is 7. The van der Waals surface area contributed by atoms with Crippen LogP contribution in [0.25, 0.3) is 0 Å². The smallest absolute Gasteiger partial charge is 0.161 e. The summed E-state index contributed by atoms with van der Waals surface area (Å²) in [6.45, 7) is 5.57. The van der Waals surface area contributed by atoms with Crippen LogP contribution < -0.4 is 14.8 Å². The van der Waals surface area contributed by atoms with Gasteiger partial charge in [-0.15, -0.1) is 0 Å². The number of benzene rings is 2. The van der Waals surface area contributed by atoms with Crippen LogP contribution in [0.2, 0.25) is 0 Å². The Balaban J connectivity index is 2.01. The maximum absolute atomic E-state index is 5.61. The van der Waals surface area contributed by atoms with E-state index >= 15 is 0 Å². The molecule has 0 radical (unpaired) electrons. The monoisotopic (exact) mass is 285 g/mol. The molecular weight excluding hydrogens is 262 g/mol.